The topological polar surface area (TPSA) is 105 Å². The summed E-state index contributed by atoms with van der Waals surface area (Å²) in [4.78, 5) is 16.7. The van der Waals surface area contributed by atoms with Crippen molar-refractivity contribution in [3.8, 4) is 17.3 Å². The zero-order valence-corrected chi connectivity index (χ0v) is 15.3. The number of aromatic nitrogens is 3. The number of nitriles is 1. The van der Waals surface area contributed by atoms with Gasteiger partial charge in [-0.1, -0.05) is 26.0 Å². The molecule has 1 amide bonds. The van der Waals surface area contributed by atoms with Gasteiger partial charge in [0, 0.05) is 23.2 Å². The van der Waals surface area contributed by atoms with Crippen molar-refractivity contribution >= 4 is 5.91 Å². The molecule has 7 nitrogen and oxygen atoms in total. The van der Waals surface area contributed by atoms with Crippen LogP contribution >= 0.6 is 0 Å². The molecule has 1 N–H and O–H groups in total. The smallest absolute Gasteiger partial charge is 0.251 e. The Morgan fingerprint density at radius 1 is 1.11 bits per heavy atom. The minimum Gasteiger partial charge on any atom is -0.423 e. The molecule has 0 aliphatic heterocycles. The zero-order chi connectivity index (χ0) is 19.4. The van der Waals surface area contributed by atoms with Crippen molar-refractivity contribution in [2.75, 3.05) is 0 Å². The first-order valence-electron chi connectivity index (χ1n) is 8.58. The third kappa shape index (κ3) is 4.18. The van der Waals surface area contributed by atoms with Crippen molar-refractivity contribution < 1.29 is 9.21 Å². The van der Waals surface area contributed by atoms with Gasteiger partial charge in [-0.25, -0.2) is 0 Å². The largest absolute Gasteiger partial charge is 0.423 e. The predicted molar refractivity (Wildman–Crippen MR) is 98.7 cm³/mol. The Bertz CT molecular complexity index is 986. The average molecular weight is 361 g/mol. The van der Waals surface area contributed by atoms with E-state index in [-0.39, 0.29) is 11.8 Å². The molecule has 0 fully saturated rings. The number of hydrogen-bond acceptors (Lipinski definition) is 6. The highest BCUT2D eigenvalue weighted by Crippen LogP contribution is 2.20. The molecule has 3 rings (SSSR count). The van der Waals surface area contributed by atoms with Crippen molar-refractivity contribution in [1.29, 1.82) is 5.26 Å². The quantitative estimate of drug-likeness (QED) is 0.744. The summed E-state index contributed by atoms with van der Waals surface area (Å²) < 4.78 is 5.57. The summed E-state index contributed by atoms with van der Waals surface area (Å²) in [5.74, 6) is 0.815. The number of carbonyl (C=O) groups is 1. The lowest BCUT2D eigenvalue weighted by Crippen LogP contribution is -2.26. The minimum absolute atomic E-state index is 0.134. The van der Waals surface area contributed by atoms with E-state index in [4.69, 9.17) is 9.68 Å². The molecule has 2 aromatic heterocycles. The Labute approximate surface area is 157 Å². The van der Waals surface area contributed by atoms with Crippen LogP contribution in [0.15, 0.2) is 47.0 Å². The average Bonchev–Trinajstić information content (AvgIpc) is 3.19. The van der Waals surface area contributed by atoms with Crippen LogP contribution < -0.4 is 5.32 Å². The predicted octanol–water partition coefficient (Wildman–Crippen LogP) is 3.62. The molecular formula is C20H19N5O2. The maximum absolute atomic E-state index is 12.5. The van der Waals surface area contributed by atoms with Gasteiger partial charge in [0.05, 0.1) is 17.3 Å². The Hall–Kier alpha value is -3.53. The van der Waals surface area contributed by atoms with Crippen molar-refractivity contribution in [3.05, 3.63) is 65.5 Å². The number of hydrogen-bond donors (Lipinski definition) is 1. The van der Waals surface area contributed by atoms with E-state index in [1.807, 2.05) is 13.8 Å². The number of rotatable bonds is 5. The van der Waals surface area contributed by atoms with E-state index in [2.05, 4.69) is 26.6 Å². The molecule has 0 bridgehead atoms. The molecule has 2 heterocycles. The van der Waals surface area contributed by atoms with E-state index in [9.17, 15) is 4.79 Å². The fourth-order valence-corrected chi connectivity index (χ4v) is 2.45. The van der Waals surface area contributed by atoms with Crippen LogP contribution in [0, 0.1) is 11.3 Å². The normalized spacial score (nSPS) is 11.8. The Morgan fingerprint density at radius 2 is 1.81 bits per heavy atom. The number of nitrogens with zero attached hydrogens (tertiary/aromatic N) is 4. The van der Waals surface area contributed by atoms with Crippen molar-refractivity contribution in [2.24, 2.45) is 0 Å². The number of amides is 1. The first-order chi connectivity index (χ1) is 13.0. The van der Waals surface area contributed by atoms with Crippen LogP contribution in [-0.2, 0) is 0 Å². The van der Waals surface area contributed by atoms with Gasteiger partial charge in [-0.15, -0.1) is 10.2 Å². The van der Waals surface area contributed by atoms with Gasteiger partial charge in [-0.2, -0.15) is 5.26 Å². The number of carbonyl (C=O) groups excluding carboxylic acids is 1. The first-order valence-corrected chi connectivity index (χ1v) is 8.58. The summed E-state index contributed by atoms with van der Waals surface area (Å²) in [7, 11) is 0. The monoisotopic (exact) mass is 361 g/mol. The van der Waals surface area contributed by atoms with Gasteiger partial charge in [-0.3, -0.25) is 9.78 Å². The lowest BCUT2D eigenvalue weighted by molar-refractivity contribution is 0.0934. The van der Waals surface area contributed by atoms with E-state index >= 15 is 0 Å². The first kappa shape index (κ1) is 18.3. The lowest BCUT2D eigenvalue weighted by Gasteiger charge is -2.10. The molecule has 0 saturated heterocycles. The summed E-state index contributed by atoms with van der Waals surface area (Å²) in [6, 6.07) is 12.1. The SMILES string of the molecule is CC(C)c1nnc([C@H](C)NC(=O)c2ccc(-c3cc(C#N)ccn3)cc2)o1. The fraction of sp³-hybridized carbons (Fsp3) is 0.250. The maximum Gasteiger partial charge on any atom is 0.251 e. The highest BCUT2D eigenvalue weighted by Gasteiger charge is 2.18. The minimum atomic E-state index is -0.397. The third-order valence-electron chi connectivity index (χ3n) is 4.00. The van der Waals surface area contributed by atoms with Gasteiger partial charge in [0.25, 0.3) is 5.91 Å². The molecule has 3 aromatic rings. The third-order valence-corrected chi connectivity index (χ3v) is 4.00. The van der Waals surface area contributed by atoms with E-state index in [0.717, 1.165) is 5.56 Å². The Morgan fingerprint density at radius 3 is 2.44 bits per heavy atom. The van der Waals surface area contributed by atoms with Crippen LogP contribution in [-0.4, -0.2) is 21.1 Å². The van der Waals surface area contributed by atoms with Crippen molar-refractivity contribution in [1.82, 2.24) is 20.5 Å². The van der Waals surface area contributed by atoms with Crippen LogP contribution in [0.3, 0.4) is 0 Å². The molecular weight excluding hydrogens is 342 g/mol. The molecule has 1 atom stereocenters. The molecule has 0 radical (unpaired) electrons. The number of pyridine rings is 1. The summed E-state index contributed by atoms with van der Waals surface area (Å²) in [5, 5.41) is 19.8. The van der Waals surface area contributed by atoms with Crippen LogP contribution in [0.2, 0.25) is 0 Å². The van der Waals surface area contributed by atoms with Gasteiger partial charge in [0.15, 0.2) is 0 Å². The summed E-state index contributed by atoms with van der Waals surface area (Å²) in [5.41, 5.74) is 2.55. The molecule has 0 spiro atoms. The van der Waals surface area contributed by atoms with E-state index in [0.29, 0.717) is 28.6 Å². The molecule has 0 unspecified atom stereocenters. The lowest BCUT2D eigenvalue weighted by atomic mass is 10.1. The zero-order valence-electron chi connectivity index (χ0n) is 15.3. The van der Waals surface area contributed by atoms with Crippen molar-refractivity contribution in [2.45, 2.75) is 32.7 Å². The van der Waals surface area contributed by atoms with Crippen LogP contribution in [0.25, 0.3) is 11.3 Å². The summed E-state index contributed by atoms with van der Waals surface area (Å²) >= 11 is 0. The number of nitrogens with one attached hydrogen (secondary N) is 1. The second-order valence-corrected chi connectivity index (χ2v) is 6.45. The summed E-state index contributed by atoms with van der Waals surface area (Å²) in [6.45, 7) is 5.72. The van der Waals surface area contributed by atoms with Gasteiger partial charge >= 0.3 is 0 Å². The highest BCUT2D eigenvalue weighted by molar-refractivity contribution is 5.94. The van der Waals surface area contributed by atoms with Gasteiger partial charge < -0.3 is 9.73 Å². The Kier molecular flexibility index (Phi) is 5.27. The fourth-order valence-electron chi connectivity index (χ4n) is 2.45. The standard InChI is InChI=1S/C20H19N5O2/c1-12(2)19-24-25-20(27-19)13(3)23-18(26)16-6-4-15(5-7-16)17-10-14(11-21)8-9-22-17/h4-10,12-13H,1-3H3,(H,23,26)/t13-/m0/s1. The summed E-state index contributed by atoms with van der Waals surface area (Å²) in [6.07, 6.45) is 1.59. The number of benzene rings is 1. The van der Waals surface area contributed by atoms with Crippen molar-refractivity contribution in [3.63, 3.8) is 0 Å². The van der Waals surface area contributed by atoms with Gasteiger partial charge in [0.1, 0.15) is 6.04 Å². The van der Waals surface area contributed by atoms with Crippen LogP contribution in [0.4, 0.5) is 0 Å². The van der Waals surface area contributed by atoms with Crippen LogP contribution in [0.5, 0.6) is 0 Å². The molecule has 136 valence electrons. The molecule has 0 aliphatic carbocycles. The molecule has 0 saturated carbocycles. The van der Waals surface area contributed by atoms with E-state index in [1.165, 1.54) is 0 Å². The molecule has 27 heavy (non-hydrogen) atoms. The van der Waals surface area contributed by atoms with Gasteiger partial charge in [-0.05, 0) is 31.2 Å². The Balaban J connectivity index is 1.70. The van der Waals surface area contributed by atoms with E-state index in [1.54, 1.807) is 49.5 Å². The molecule has 0 aliphatic rings. The van der Waals surface area contributed by atoms with Crippen LogP contribution in [0.1, 0.15) is 60.4 Å². The highest BCUT2D eigenvalue weighted by atomic mass is 16.4. The second-order valence-electron chi connectivity index (χ2n) is 6.45. The van der Waals surface area contributed by atoms with E-state index < -0.39 is 6.04 Å². The second kappa shape index (κ2) is 7.79. The molecule has 7 heteroatoms. The maximum atomic E-state index is 12.5. The molecule has 1 aromatic carbocycles. The van der Waals surface area contributed by atoms with Gasteiger partial charge in [0.2, 0.25) is 11.8 Å².